The van der Waals surface area contributed by atoms with Crippen LogP contribution in [0.3, 0.4) is 0 Å². The third-order valence-corrected chi connectivity index (χ3v) is 2.50. The number of hydrogen-bond acceptors (Lipinski definition) is 2. The van der Waals surface area contributed by atoms with Crippen LogP contribution in [0.4, 0.5) is 0 Å². The molecule has 68 valence electrons. The summed E-state index contributed by atoms with van der Waals surface area (Å²) < 4.78 is 1.70. The Bertz CT molecular complexity index is 540. The number of rotatable bonds is 0. The molecule has 1 aliphatic rings. The topological polar surface area (TPSA) is 34.9 Å². The van der Waals surface area contributed by atoms with E-state index in [0.29, 0.717) is 5.69 Å². The van der Waals surface area contributed by atoms with Gasteiger partial charge >= 0.3 is 0 Å². The molecule has 14 heavy (non-hydrogen) atoms. The summed E-state index contributed by atoms with van der Waals surface area (Å²) in [7, 11) is 0. The maximum atomic E-state index is 11.8. The van der Waals surface area contributed by atoms with E-state index in [1.165, 1.54) is 0 Å². The van der Waals surface area contributed by atoms with Gasteiger partial charge in [0.05, 0.1) is 11.9 Å². The Morgan fingerprint density at radius 3 is 3.00 bits per heavy atom. The average molecular weight is 184 g/mol. The smallest absolute Gasteiger partial charge is 0.213 e. The Morgan fingerprint density at radius 2 is 2.14 bits per heavy atom. The first-order valence-corrected chi connectivity index (χ1v) is 4.47. The summed E-state index contributed by atoms with van der Waals surface area (Å²) in [5.74, 6) is 0.0671. The lowest BCUT2D eigenvalue weighted by Crippen LogP contribution is -1.95. The third-order valence-electron chi connectivity index (χ3n) is 2.50. The van der Waals surface area contributed by atoms with E-state index in [4.69, 9.17) is 0 Å². The first-order valence-electron chi connectivity index (χ1n) is 4.47. The van der Waals surface area contributed by atoms with E-state index in [2.05, 4.69) is 5.10 Å². The molecule has 3 rings (SSSR count). The molecule has 0 bridgehead atoms. The summed E-state index contributed by atoms with van der Waals surface area (Å²) in [5.41, 5.74) is 3.44. The zero-order chi connectivity index (χ0) is 9.71. The van der Waals surface area contributed by atoms with Gasteiger partial charge in [0.2, 0.25) is 5.78 Å². The van der Waals surface area contributed by atoms with Gasteiger partial charge in [-0.3, -0.25) is 4.79 Å². The van der Waals surface area contributed by atoms with Crippen molar-refractivity contribution in [3.05, 3.63) is 47.3 Å². The number of ketones is 1. The van der Waals surface area contributed by atoms with Crippen molar-refractivity contribution in [2.24, 2.45) is 0 Å². The van der Waals surface area contributed by atoms with E-state index >= 15 is 0 Å². The molecule has 0 aliphatic carbocycles. The Balaban J connectivity index is 2.40. The number of carbonyl (C=O) groups is 1. The van der Waals surface area contributed by atoms with Crippen molar-refractivity contribution in [3.63, 3.8) is 0 Å². The largest absolute Gasteiger partial charge is 0.287 e. The Morgan fingerprint density at radius 1 is 1.29 bits per heavy atom. The lowest BCUT2D eigenvalue weighted by molar-refractivity contribution is 0.104. The summed E-state index contributed by atoms with van der Waals surface area (Å²) in [6.07, 6.45) is 1.65. The van der Waals surface area contributed by atoms with E-state index < -0.39 is 0 Å². The Kier molecular flexibility index (Phi) is 1.24. The highest BCUT2D eigenvalue weighted by Gasteiger charge is 2.26. The quantitative estimate of drug-likeness (QED) is 0.533. The summed E-state index contributed by atoms with van der Waals surface area (Å²) in [6.45, 7) is 2.01. The first-order chi connectivity index (χ1) is 6.77. The van der Waals surface area contributed by atoms with Crippen LogP contribution in [-0.2, 0) is 0 Å². The molecule has 2 aromatic rings. The molecule has 0 saturated carbocycles. The van der Waals surface area contributed by atoms with Crippen LogP contribution < -0.4 is 0 Å². The standard InChI is InChI=1S/C11H8N2O/c1-7-2-3-8-10(6-7)13-9(11(8)14)4-5-12-13/h2-6H,1H3. The van der Waals surface area contributed by atoms with Crippen LogP contribution in [0.15, 0.2) is 30.5 Å². The van der Waals surface area contributed by atoms with Gasteiger partial charge in [-0.25, -0.2) is 4.68 Å². The minimum Gasteiger partial charge on any atom is -0.287 e. The molecule has 0 radical (unpaired) electrons. The predicted molar refractivity (Wildman–Crippen MR) is 51.7 cm³/mol. The average Bonchev–Trinajstić information content (AvgIpc) is 2.71. The lowest BCUT2D eigenvalue weighted by atomic mass is 10.1. The molecule has 2 heterocycles. The number of aryl methyl sites for hydroxylation is 1. The van der Waals surface area contributed by atoms with Crippen LogP contribution in [-0.4, -0.2) is 15.6 Å². The second-order valence-corrected chi connectivity index (χ2v) is 3.48. The van der Waals surface area contributed by atoms with Crippen molar-refractivity contribution in [2.45, 2.75) is 6.92 Å². The zero-order valence-electron chi connectivity index (χ0n) is 7.69. The second-order valence-electron chi connectivity index (χ2n) is 3.48. The van der Waals surface area contributed by atoms with Gasteiger partial charge in [-0.1, -0.05) is 6.07 Å². The van der Waals surface area contributed by atoms with Gasteiger partial charge in [0.25, 0.3) is 0 Å². The van der Waals surface area contributed by atoms with Gasteiger partial charge in [-0.15, -0.1) is 0 Å². The molecule has 0 amide bonds. The number of fused-ring (bicyclic) bond motifs is 3. The minimum atomic E-state index is 0.0671. The molecular weight excluding hydrogens is 176 g/mol. The molecule has 0 saturated heterocycles. The van der Waals surface area contributed by atoms with Gasteiger partial charge in [-0.05, 0) is 30.7 Å². The van der Waals surface area contributed by atoms with Crippen LogP contribution in [0.25, 0.3) is 5.69 Å². The maximum absolute atomic E-state index is 11.8. The first kappa shape index (κ1) is 7.50. The Hall–Kier alpha value is -1.90. The summed E-state index contributed by atoms with van der Waals surface area (Å²) in [5, 5.41) is 4.13. The fourth-order valence-corrected chi connectivity index (χ4v) is 1.81. The van der Waals surface area contributed by atoms with Gasteiger partial charge in [-0.2, -0.15) is 5.10 Å². The zero-order valence-corrected chi connectivity index (χ0v) is 7.69. The van der Waals surface area contributed by atoms with Gasteiger partial charge in [0, 0.05) is 5.56 Å². The van der Waals surface area contributed by atoms with E-state index in [1.54, 1.807) is 16.9 Å². The molecule has 1 aliphatic heterocycles. The van der Waals surface area contributed by atoms with Crippen LogP contribution in [0, 0.1) is 6.92 Å². The molecule has 0 fully saturated rings. The molecule has 0 N–H and O–H groups in total. The maximum Gasteiger partial charge on any atom is 0.213 e. The van der Waals surface area contributed by atoms with Gasteiger partial charge in [0.15, 0.2) is 0 Å². The van der Waals surface area contributed by atoms with E-state index in [0.717, 1.165) is 16.8 Å². The molecule has 0 spiro atoms. The van der Waals surface area contributed by atoms with Crippen LogP contribution in [0.1, 0.15) is 21.6 Å². The summed E-state index contributed by atoms with van der Waals surface area (Å²) in [6, 6.07) is 7.54. The monoisotopic (exact) mass is 184 g/mol. The van der Waals surface area contributed by atoms with Crippen molar-refractivity contribution in [2.75, 3.05) is 0 Å². The predicted octanol–water partition coefficient (Wildman–Crippen LogP) is 1.73. The lowest BCUT2D eigenvalue weighted by Gasteiger charge is -1.99. The molecule has 3 nitrogen and oxygen atoms in total. The SMILES string of the molecule is Cc1ccc2c(c1)-n1nccc1C2=O. The molecule has 1 aromatic carbocycles. The highest BCUT2D eigenvalue weighted by atomic mass is 16.1. The molecule has 1 aromatic heterocycles. The number of benzene rings is 1. The molecular formula is C11H8N2O. The van der Waals surface area contributed by atoms with Crippen LogP contribution in [0.5, 0.6) is 0 Å². The van der Waals surface area contributed by atoms with Crippen molar-refractivity contribution in [1.82, 2.24) is 9.78 Å². The van der Waals surface area contributed by atoms with E-state index in [9.17, 15) is 4.79 Å². The highest BCUT2D eigenvalue weighted by Crippen LogP contribution is 2.27. The second kappa shape index (κ2) is 2.32. The third kappa shape index (κ3) is 0.763. The summed E-state index contributed by atoms with van der Waals surface area (Å²) in [4.78, 5) is 11.8. The fourth-order valence-electron chi connectivity index (χ4n) is 1.81. The number of nitrogens with zero attached hydrogens (tertiary/aromatic N) is 2. The van der Waals surface area contributed by atoms with E-state index in [1.807, 2.05) is 25.1 Å². The molecule has 0 atom stereocenters. The summed E-state index contributed by atoms with van der Waals surface area (Å²) >= 11 is 0. The van der Waals surface area contributed by atoms with Gasteiger partial charge in [0.1, 0.15) is 5.69 Å². The molecule has 3 heteroatoms. The molecule has 0 unspecified atom stereocenters. The number of hydrogen-bond donors (Lipinski definition) is 0. The van der Waals surface area contributed by atoms with Crippen LogP contribution in [0.2, 0.25) is 0 Å². The minimum absolute atomic E-state index is 0.0671. The highest BCUT2D eigenvalue weighted by molar-refractivity contribution is 6.13. The normalized spacial score (nSPS) is 12.8. The van der Waals surface area contributed by atoms with Gasteiger partial charge < -0.3 is 0 Å². The number of carbonyl (C=O) groups excluding carboxylic acids is 1. The van der Waals surface area contributed by atoms with Crippen LogP contribution >= 0.6 is 0 Å². The van der Waals surface area contributed by atoms with Crippen molar-refractivity contribution >= 4 is 5.78 Å². The fraction of sp³-hybridized carbons (Fsp3) is 0.0909. The van der Waals surface area contributed by atoms with Crippen molar-refractivity contribution < 1.29 is 4.79 Å². The number of aromatic nitrogens is 2. The Labute approximate surface area is 81.0 Å². The van der Waals surface area contributed by atoms with Crippen molar-refractivity contribution in [1.29, 1.82) is 0 Å². The van der Waals surface area contributed by atoms with E-state index in [-0.39, 0.29) is 5.78 Å². The van der Waals surface area contributed by atoms with Crippen molar-refractivity contribution in [3.8, 4) is 5.69 Å².